The molecular weight excluding hydrogens is 351 g/mol. The van der Waals surface area contributed by atoms with E-state index >= 15 is 0 Å². The summed E-state index contributed by atoms with van der Waals surface area (Å²) in [6, 6.07) is 10.1. The molecule has 4 nitrogen and oxygen atoms in total. The molecule has 2 aromatic carbocycles. The van der Waals surface area contributed by atoms with Gasteiger partial charge >= 0.3 is 0 Å². The molecule has 0 radical (unpaired) electrons. The van der Waals surface area contributed by atoms with Gasteiger partial charge in [-0.1, -0.05) is 11.6 Å². The van der Waals surface area contributed by atoms with Gasteiger partial charge in [-0.05, 0) is 55.7 Å². The molecule has 7 heteroatoms. The van der Waals surface area contributed by atoms with E-state index in [1.165, 1.54) is 36.4 Å². The fourth-order valence-electron chi connectivity index (χ4n) is 2.82. The molecule has 0 unspecified atom stereocenters. The minimum absolute atomic E-state index is 0.0840. The molecule has 0 aliphatic carbocycles. The number of nitrogens with zero attached hydrogens (tertiary/aromatic N) is 1. The number of sulfonamides is 1. The summed E-state index contributed by atoms with van der Waals surface area (Å²) in [6.45, 7) is 1.67. The molecule has 0 spiro atoms. The van der Waals surface area contributed by atoms with E-state index in [4.69, 9.17) is 11.6 Å². The Morgan fingerprint density at radius 1 is 1.00 bits per heavy atom. The normalized spacial score (nSPS) is 15.3. The van der Waals surface area contributed by atoms with Crippen LogP contribution < -0.4 is 9.62 Å². The lowest BCUT2D eigenvalue weighted by Gasteiger charge is -2.30. The maximum absolute atomic E-state index is 13.7. The van der Waals surface area contributed by atoms with Crippen LogP contribution in [0.15, 0.2) is 47.4 Å². The largest absolute Gasteiger partial charge is 0.370 e. The first-order chi connectivity index (χ1) is 11.5. The van der Waals surface area contributed by atoms with Crippen LogP contribution in [0.3, 0.4) is 0 Å². The highest BCUT2D eigenvalue weighted by molar-refractivity contribution is 7.92. The summed E-state index contributed by atoms with van der Waals surface area (Å²) in [6.07, 6.45) is 3.24. The smallest absolute Gasteiger partial charge is 0.261 e. The molecule has 2 aromatic rings. The Morgan fingerprint density at radius 2 is 1.67 bits per heavy atom. The van der Waals surface area contributed by atoms with Crippen molar-refractivity contribution in [3.63, 3.8) is 0 Å². The zero-order valence-electron chi connectivity index (χ0n) is 13.0. The van der Waals surface area contributed by atoms with E-state index in [1.807, 2.05) is 0 Å². The molecule has 1 fully saturated rings. The third kappa shape index (κ3) is 3.82. The molecule has 1 aliphatic rings. The van der Waals surface area contributed by atoms with Gasteiger partial charge in [-0.15, -0.1) is 0 Å². The van der Waals surface area contributed by atoms with Crippen molar-refractivity contribution in [2.75, 3.05) is 22.7 Å². The van der Waals surface area contributed by atoms with Gasteiger partial charge in [0.1, 0.15) is 5.82 Å². The van der Waals surface area contributed by atoms with Gasteiger partial charge in [0, 0.05) is 24.2 Å². The summed E-state index contributed by atoms with van der Waals surface area (Å²) in [7, 11) is -3.81. The second-order valence-corrected chi connectivity index (χ2v) is 7.89. The third-order valence-corrected chi connectivity index (χ3v) is 5.66. The maximum atomic E-state index is 13.7. The number of benzene rings is 2. The topological polar surface area (TPSA) is 49.4 Å². The molecule has 0 atom stereocenters. The Bertz CT molecular complexity index is 819. The molecule has 1 aliphatic heterocycles. The Hall–Kier alpha value is -1.79. The minimum Gasteiger partial charge on any atom is -0.370 e. The van der Waals surface area contributed by atoms with Crippen molar-refractivity contribution in [1.82, 2.24) is 0 Å². The number of nitrogens with one attached hydrogen (secondary N) is 1. The van der Waals surface area contributed by atoms with Crippen molar-refractivity contribution in [3.8, 4) is 0 Å². The van der Waals surface area contributed by atoms with Crippen LogP contribution >= 0.6 is 11.6 Å². The Kier molecular flexibility index (Phi) is 4.96. The molecule has 3 rings (SSSR count). The fraction of sp³-hybridized carbons (Fsp3) is 0.294. The first-order valence-corrected chi connectivity index (χ1v) is 9.65. The highest BCUT2D eigenvalue weighted by Crippen LogP contribution is 2.31. The molecule has 24 heavy (non-hydrogen) atoms. The van der Waals surface area contributed by atoms with Crippen molar-refractivity contribution in [3.05, 3.63) is 53.3 Å². The number of rotatable bonds is 4. The van der Waals surface area contributed by atoms with Crippen LogP contribution in [0, 0.1) is 5.82 Å². The number of piperidine rings is 1. The first-order valence-electron chi connectivity index (χ1n) is 7.79. The van der Waals surface area contributed by atoms with Crippen LogP contribution in [0.5, 0.6) is 0 Å². The second kappa shape index (κ2) is 6.99. The van der Waals surface area contributed by atoms with Gasteiger partial charge in [-0.2, -0.15) is 0 Å². The number of anilines is 2. The van der Waals surface area contributed by atoms with E-state index in [1.54, 1.807) is 6.07 Å². The molecule has 1 heterocycles. The summed E-state index contributed by atoms with van der Waals surface area (Å²) < 4.78 is 41.3. The SMILES string of the molecule is O=S(=O)(Nc1cc(F)ccc1N1CCCCC1)c1ccc(Cl)cc1. The van der Waals surface area contributed by atoms with Crippen molar-refractivity contribution in [1.29, 1.82) is 0 Å². The number of halogens is 2. The molecule has 1 N–H and O–H groups in total. The van der Waals surface area contributed by atoms with Gasteiger partial charge < -0.3 is 4.90 Å². The Labute approximate surface area is 146 Å². The minimum atomic E-state index is -3.81. The van der Waals surface area contributed by atoms with Crippen molar-refractivity contribution >= 4 is 33.0 Å². The molecule has 128 valence electrons. The highest BCUT2D eigenvalue weighted by Gasteiger charge is 2.20. The number of hydrogen-bond donors (Lipinski definition) is 1. The molecule has 0 saturated carbocycles. The molecule has 0 aromatic heterocycles. The van der Waals surface area contributed by atoms with Gasteiger partial charge in [0.25, 0.3) is 10.0 Å². The summed E-state index contributed by atoms with van der Waals surface area (Å²) in [5.74, 6) is -0.482. The summed E-state index contributed by atoms with van der Waals surface area (Å²) >= 11 is 5.80. The lowest BCUT2D eigenvalue weighted by molar-refractivity contribution is 0.577. The standard InChI is InChI=1S/C17H18ClFN2O2S/c18-13-4-7-15(8-5-13)24(22,23)20-16-12-14(19)6-9-17(16)21-10-2-1-3-11-21/h4-9,12,20H,1-3,10-11H2. The van der Waals surface area contributed by atoms with Crippen molar-refractivity contribution in [2.24, 2.45) is 0 Å². The molecule has 0 bridgehead atoms. The Morgan fingerprint density at radius 3 is 2.33 bits per heavy atom. The van der Waals surface area contributed by atoms with E-state index < -0.39 is 15.8 Å². The van der Waals surface area contributed by atoms with Crippen LogP contribution in [0.25, 0.3) is 0 Å². The fourth-order valence-corrected chi connectivity index (χ4v) is 4.01. The predicted molar refractivity (Wildman–Crippen MR) is 94.7 cm³/mol. The van der Waals surface area contributed by atoms with Gasteiger partial charge in [0.2, 0.25) is 0 Å². The van der Waals surface area contributed by atoms with Gasteiger partial charge in [0.05, 0.1) is 16.3 Å². The van der Waals surface area contributed by atoms with Crippen LogP contribution in [0.1, 0.15) is 19.3 Å². The van der Waals surface area contributed by atoms with Crippen molar-refractivity contribution < 1.29 is 12.8 Å². The van der Waals surface area contributed by atoms with Gasteiger partial charge in [0.15, 0.2) is 0 Å². The molecule has 1 saturated heterocycles. The van der Waals surface area contributed by atoms with Crippen LogP contribution in [0.2, 0.25) is 5.02 Å². The maximum Gasteiger partial charge on any atom is 0.261 e. The zero-order valence-corrected chi connectivity index (χ0v) is 14.6. The average Bonchev–Trinajstić information content (AvgIpc) is 2.56. The van der Waals surface area contributed by atoms with Crippen LogP contribution in [0.4, 0.5) is 15.8 Å². The van der Waals surface area contributed by atoms with E-state index in [-0.39, 0.29) is 10.6 Å². The summed E-state index contributed by atoms with van der Waals surface area (Å²) in [5, 5.41) is 0.453. The third-order valence-electron chi connectivity index (χ3n) is 4.02. The average molecular weight is 369 g/mol. The molecule has 0 amide bonds. The summed E-state index contributed by atoms with van der Waals surface area (Å²) in [5.41, 5.74) is 0.959. The number of hydrogen-bond acceptors (Lipinski definition) is 3. The van der Waals surface area contributed by atoms with E-state index in [2.05, 4.69) is 9.62 Å². The molecular formula is C17H18ClFN2O2S. The van der Waals surface area contributed by atoms with E-state index in [0.717, 1.165) is 32.4 Å². The first kappa shape index (κ1) is 17.0. The van der Waals surface area contributed by atoms with E-state index in [0.29, 0.717) is 10.7 Å². The second-order valence-electron chi connectivity index (χ2n) is 5.77. The van der Waals surface area contributed by atoms with E-state index in [9.17, 15) is 12.8 Å². The van der Waals surface area contributed by atoms with Crippen LogP contribution in [-0.2, 0) is 10.0 Å². The zero-order chi connectivity index (χ0) is 17.2. The van der Waals surface area contributed by atoms with Crippen molar-refractivity contribution in [2.45, 2.75) is 24.2 Å². The summed E-state index contributed by atoms with van der Waals surface area (Å²) in [4.78, 5) is 2.17. The quantitative estimate of drug-likeness (QED) is 0.876. The predicted octanol–water partition coefficient (Wildman–Crippen LogP) is 4.27. The lowest BCUT2D eigenvalue weighted by Crippen LogP contribution is -2.30. The lowest BCUT2D eigenvalue weighted by atomic mass is 10.1. The highest BCUT2D eigenvalue weighted by atomic mass is 35.5. The van der Waals surface area contributed by atoms with Gasteiger partial charge in [-0.25, -0.2) is 12.8 Å². The van der Waals surface area contributed by atoms with Crippen LogP contribution in [-0.4, -0.2) is 21.5 Å². The Balaban J connectivity index is 1.93. The monoisotopic (exact) mass is 368 g/mol. The van der Waals surface area contributed by atoms with Gasteiger partial charge in [-0.3, -0.25) is 4.72 Å².